The van der Waals surface area contributed by atoms with Gasteiger partial charge in [-0.1, -0.05) is 0 Å². The fraction of sp³-hybridized carbons (Fsp3) is 0. The van der Waals surface area contributed by atoms with Crippen molar-refractivity contribution in [1.29, 1.82) is 0 Å². The van der Waals surface area contributed by atoms with Crippen molar-refractivity contribution in [2.75, 3.05) is 0 Å². The first-order chi connectivity index (χ1) is 2.00. The van der Waals surface area contributed by atoms with E-state index in [-0.39, 0.29) is 28.0 Å². The van der Waals surface area contributed by atoms with Crippen molar-refractivity contribution < 1.29 is 45.5 Å². The molecule has 0 aromatic rings. The van der Waals surface area contributed by atoms with Crippen LogP contribution in [0, 0.1) is 0 Å². The third-order valence-electron chi connectivity index (χ3n) is 0. The molecule has 1 radical (unpaired) electrons. The van der Waals surface area contributed by atoms with Crippen molar-refractivity contribution in [3.8, 4) is 0 Å². The van der Waals surface area contributed by atoms with E-state index < -0.39 is 10.4 Å². The fourth-order valence-electron chi connectivity index (χ4n) is 0. The first-order valence-corrected chi connectivity index (χ1v) is 2.00. The molecule has 0 aromatic carbocycles. The third-order valence-corrected chi connectivity index (χ3v) is 0. The van der Waals surface area contributed by atoms with Crippen molar-refractivity contribution in [3.63, 3.8) is 0 Å². The minimum Gasteiger partial charge on any atom is -0.870 e. The molecule has 0 aromatic heterocycles. The Morgan fingerprint density at radius 2 is 1.12 bits per heavy atom. The van der Waals surface area contributed by atoms with E-state index in [4.69, 9.17) is 17.5 Å². The zero-order valence-electron chi connectivity index (χ0n) is 3.29. The summed E-state index contributed by atoms with van der Waals surface area (Å²) in [5.74, 6) is 0. The molecular formula is H3CuO6S-. The van der Waals surface area contributed by atoms with Gasteiger partial charge in [-0.25, -0.2) is 0 Å². The number of rotatable bonds is 0. The molecule has 3 N–H and O–H groups in total. The van der Waals surface area contributed by atoms with Crippen molar-refractivity contribution >= 4 is 10.4 Å². The predicted molar refractivity (Wildman–Crippen MR) is 16.0 cm³/mol. The molecule has 0 unspecified atom stereocenters. The van der Waals surface area contributed by atoms with Gasteiger partial charge in [-0.2, -0.15) is 0 Å². The fourth-order valence-corrected chi connectivity index (χ4v) is 0. The monoisotopic (exact) mass is 194 g/mol. The van der Waals surface area contributed by atoms with E-state index in [1.165, 1.54) is 0 Å². The van der Waals surface area contributed by atoms with Gasteiger partial charge in [0.05, 0.1) is 0 Å². The van der Waals surface area contributed by atoms with Gasteiger partial charge in [0, 0.05) is 10.4 Å². The maximum Gasteiger partial charge on any atom is 2.00 e. The average molecular weight is 195 g/mol. The molecule has 6 nitrogen and oxygen atoms in total. The molecule has 0 amide bonds. The van der Waals surface area contributed by atoms with Gasteiger partial charge in [-0.3, -0.25) is 8.42 Å². The Bertz CT molecular complexity index is 91.7. The van der Waals surface area contributed by atoms with E-state index >= 15 is 0 Å². The topological polar surface area (TPSA) is 142 Å². The Hall–Kier alpha value is 0.309. The van der Waals surface area contributed by atoms with Crippen LogP contribution < -0.4 is 0 Å². The molecule has 8 heavy (non-hydrogen) atoms. The van der Waals surface area contributed by atoms with Crippen LogP contribution in [0.25, 0.3) is 0 Å². The summed E-state index contributed by atoms with van der Waals surface area (Å²) in [5, 5.41) is 0. The minimum absolute atomic E-state index is 0. The molecule has 0 fully saturated rings. The Morgan fingerprint density at radius 1 is 1.12 bits per heavy atom. The van der Waals surface area contributed by atoms with Crippen LogP contribution in [0.15, 0.2) is 0 Å². The summed E-state index contributed by atoms with van der Waals surface area (Å²) in [6.45, 7) is 0. The average Bonchev–Trinajstić information content (AvgIpc) is 0.722. The first kappa shape index (κ1) is 23.9. The molecule has 0 atom stereocenters. The van der Waals surface area contributed by atoms with E-state index in [0.29, 0.717) is 0 Å². The second-order valence-corrected chi connectivity index (χ2v) is 1.22. The van der Waals surface area contributed by atoms with Gasteiger partial charge >= 0.3 is 17.1 Å². The molecule has 0 aliphatic rings. The van der Waals surface area contributed by atoms with Crippen LogP contribution in [0.5, 0.6) is 0 Å². The predicted octanol–water partition coefficient (Wildman–Crippen LogP) is -2.34. The third kappa shape index (κ3) is 1860. The van der Waals surface area contributed by atoms with E-state index in [1.54, 1.807) is 0 Å². The quantitative estimate of drug-likeness (QED) is 0.241. The summed E-state index contributed by atoms with van der Waals surface area (Å²) in [5.41, 5.74) is 0. The van der Waals surface area contributed by atoms with Crippen LogP contribution in [0.4, 0.5) is 0 Å². The van der Waals surface area contributed by atoms with Crippen LogP contribution >= 0.6 is 0 Å². The second kappa shape index (κ2) is 7.31. The van der Waals surface area contributed by atoms with Crippen molar-refractivity contribution in [2.24, 2.45) is 0 Å². The van der Waals surface area contributed by atoms with E-state index in [0.717, 1.165) is 0 Å². The number of hydrogen-bond acceptors (Lipinski definition) is 5. The Labute approximate surface area is 56.6 Å². The van der Waals surface area contributed by atoms with Gasteiger partial charge in [0.25, 0.3) is 0 Å². The summed E-state index contributed by atoms with van der Waals surface area (Å²) in [6, 6.07) is 0. The second-order valence-electron chi connectivity index (χ2n) is 0.408. The first-order valence-electron chi connectivity index (χ1n) is 0.667. The largest absolute Gasteiger partial charge is 2.00 e. The summed E-state index contributed by atoms with van der Waals surface area (Å²) in [4.78, 5) is 0. The van der Waals surface area contributed by atoms with Gasteiger partial charge in [0.1, 0.15) is 0 Å². The molecule has 0 saturated carbocycles. The molecule has 0 aliphatic heterocycles. The molecule has 0 saturated heterocycles. The van der Waals surface area contributed by atoms with Gasteiger partial charge in [0.15, 0.2) is 0 Å². The van der Waals surface area contributed by atoms with Gasteiger partial charge < -0.3 is 20.1 Å². The molecule has 0 heterocycles. The van der Waals surface area contributed by atoms with Crippen LogP contribution in [0.3, 0.4) is 0 Å². The van der Waals surface area contributed by atoms with Crippen molar-refractivity contribution in [2.45, 2.75) is 0 Å². The molecule has 0 aliphatic carbocycles. The zero-order chi connectivity index (χ0) is 4.50. The van der Waals surface area contributed by atoms with Crippen LogP contribution in [-0.2, 0) is 27.5 Å². The van der Waals surface area contributed by atoms with E-state index in [9.17, 15) is 0 Å². The minimum atomic E-state index is -5.17. The summed E-state index contributed by atoms with van der Waals surface area (Å²) in [6.07, 6.45) is 0. The summed E-state index contributed by atoms with van der Waals surface area (Å²) < 4.78 is 34.1. The Balaban J connectivity index is -0.0000000267. The van der Waals surface area contributed by atoms with Crippen LogP contribution in [0.1, 0.15) is 0 Å². The molecule has 0 rings (SSSR count). The SMILES string of the molecule is O.O=S(=O)([O-])[O-].[Cu+2].[OH-]. The van der Waals surface area contributed by atoms with Crippen molar-refractivity contribution in [1.82, 2.24) is 0 Å². The Morgan fingerprint density at radius 3 is 1.12 bits per heavy atom. The molecule has 0 bridgehead atoms. The number of hydrogen-bond donors (Lipinski definition) is 0. The normalized spacial score (nSPS) is 7.25. The molecule has 57 valence electrons. The van der Waals surface area contributed by atoms with Crippen molar-refractivity contribution in [3.05, 3.63) is 0 Å². The van der Waals surface area contributed by atoms with Gasteiger partial charge in [0.2, 0.25) is 0 Å². The summed E-state index contributed by atoms with van der Waals surface area (Å²) >= 11 is 0. The molecular weight excluding hydrogens is 192 g/mol. The molecule has 8 heteroatoms. The van der Waals surface area contributed by atoms with Crippen LogP contribution in [0.2, 0.25) is 0 Å². The molecule has 0 spiro atoms. The van der Waals surface area contributed by atoms with Gasteiger partial charge in [-0.15, -0.1) is 0 Å². The van der Waals surface area contributed by atoms with Crippen LogP contribution in [-0.4, -0.2) is 28.5 Å². The zero-order valence-corrected chi connectivity index (χ0v) is 5.05. The van der Waals surface area contributed by atoms with E-state index in [2.05, 4.69) is 0 Å². The summed E-state index contributed by atoms with van der Waals surface area (Å²) in [7, 11) is -5.17. The van der Waals surface area contributed by atoms with Gasteiger partial charge in [-0.05, 0) is 0 Å². The maximum absolute atomic E-state index is 8.52. The Kier molecular flexibility index (Phi) is 21.8. The van der Waals surface area contributed by atoms with E-state index in [1.807, 2.05) is 0 Å². The smallest absolute Gasteiger partial charge is 0.870 e. The standard InChI is InChI=1S/Cu.H2O4S.2H2O/c;1-5(2,3)4;;/h;(H2,1,2,3,4);2*1H2/q+2;;;/p-3. The maximum atomic E-state index is 8.52.